The molecule has 0 spiro atoms. The van der Waals surface area contributed by atoms with Crippen LogP contribution in [0.5, 0.6) is 0 Å². The van der Waals surface area contributed by atoms with Crippen molar-refractivity contribution in [2.75, 3.05) is 4.72 Å². The number of hydrogen-bond acceptors (Lipinski definition) is 2. The average Bonchev–Trinajstić information content (AvgIpc) is 2.37. The molecule has 0 atom stereocenters. The van der Waals surface area contributed by atoms with Gasteiger partial charge in [-0.05, 0) is 46.3 Å². The van der Waals surface area contributed by atoms with E-state index < -0.39 is 15.8 Å². The van der Waals surface area contributed by atoms with Crippen LogP contribution in [0.4, 0.5) is 10.1 Å². The average molecular weight is 399 g/mol. The molecule has 20 heavy (non-hydrogen) atoms. The first kappa shape index (κ1) is 15.6. The molecule has 0 aliphatic rings. The molecule has 0 aromatic heterocycles. The Morgan fingerprint density at radius 1 is 1.10 bits per heavy atom. The van der Waals surface area contributed by atoms with Crippen LogP contribution in [0.15, 0.2) is 45.8 Å². The van der Waals surface area contributed by atoms with Crippen molar-refractivity contribution in [3.8, 4) is 0 Å². The van der Waals surface area contributed by atoms with Crippen LogP contribution in [0, 0.1) is 5.82 Å². The molecular weight excluding hydrogens is 392 g/mol. The van der Waals surface area contributed by atoms with E-state index in [1.165, 1.54) is 30.3 Å². The number of rotatable bonds is 3. The second kappa shape index (κ2) is 5.89. The zero-order valence-corrected chi connectivity index (χ0v) is 13.6. The lowest BCUT2D eigenvalue weighted by molar-refractivity contribution is 0.598. The molecule has 8 heteroatoms. The number of sulfonamides is 1. The molecule has 0 bridgehead atoms. The van der Waals surface area contributed by atoms with Crippen molar-refractivity contribution < 1.29 is 12.8 Å². The molecule has 2 aromatic carbocycles. The Balaban J connectivity index is 2.43. The summed E-state index contributed by atoms with van der Waals surface area (Å²) in [5, 5.41) is 0.342. The van der Waals surface area contributed by atoms with Crippen LogP contribution < -0.4 is 4.72 Å². The summed E-state index contributed by atoms with van der Waals surface area (Å²) < 4.78 is 40.5. The lowest BCUT2D eigenvalue weighted by Gasteiger charge is -2.11. The number of nitrogens with one attached hydrogen (secondary N) is 1. The van der Waals surface area contributed by atoms with Gasteiger partial charge in [-0.25, -0.2) is 12.8 Å². The predicted octanol–water partition coefficient (Wildman–Crippen LogP) is 4.70. The van der Waals surface area contributed by atoms with Crippen molar-refractivity contribution in [1.82, 2.24) is 0 Å². The summed E-state index contributed by atoms with van der Waals surface area (Å²) in [4.78, 5) is -0.0619. The van der Waals surface area contributed by atoms with Crippen LogP contribution in [-0.4, -0.2) is 8.42 Å². The van der Waals surface area contributed by atoms with Crippen molar-refractivity contribution in [3.05, 3.63) is 56.7 Å². The number of benzene rings is 2. The molecule has 0 saturated carbocycles. The van der Waals surface area contributed by atoms with Gasteiger partial charge in [-0.15, -0.1) is 0 Å². The summed E-state index contributed by atoms with van der Waals surface area (Å²) in [6.07, 6.45) is 0. The van der Waals surface area contributed by atoms with Crippen LogP contribution >= 0.6 is 39.1 Å². The molecule has 3 nitrogen and oxygen atoms in total. The number of halogens is 4. The largest absolute Gasteiger partial charge is 0.275 e. The monoisotopic (exact) mass is 397 g/mol. The van der Waals surface area contributed by atoms with E-state index in [2.05, 4.69) is 20.7 Å². The summed E-state index contributed by atoms with van der Waals surface area (Å²) in [5.41, 5.74) is -0.291. The van der Waals surface area contributed by atoms with Crippen molar-refractivity contribution in [2.45, 2.75) is 4.90 Å². The van der Waals surface area contributed by atoms with Crippen molar-refractivity contribution in [1.29, 1.82) is 0 Å². The topological polar surface area (TPSA) is 46.2 Å². The molecule has 0 unspecified atom stereocenters. The van der Waals surface area contributed by atoms with E-state index in [4.69, 9.17) is 23.2 Å². The lowest BCUT2D eigenvalue weighted by atomic mass is 10.3. The second-order valence-electron chi connectivity index (χ2n) is 3.78. The normalized spacial score (nSPS) is 11.4. The maximum atomic E-state index is 13.6. The van der Waals surface area contributed by atoms with E-state index in [0.29, 0.717) is 9.50 Å². The highest BCUT2D eigenvalue weighted by molar-refractivity contribution is 9.10. The van der Waals surface area contributed by atoms with Crippen LogP contribution in [0.3, 0.4) is 0 Å². The minimum absolute atomic E-state index is 0.0263. The first-order chi connectivity index (χ1) is 9.31. The molecule has 1 N–H and O–H groups in total. The second-order valence-corrected chi connectivity index (χ2v) is 7.13. The van der Waals surface area contributed by atoms with Gasteiger partial charge in [0, 0.05) is 4.47 Å². The Bertz CT molecular complexity index is 748. The van der Waals surface area contributed by atoms with E-state index in [-0.39, 0.29) is 15.6 Å². The van der Waals surface area contributed by atoms with Gasteiger partial charge in [0.1, 0.15) is 11.5 Å². The van der Waals surface area contributed by atoms with Gasteiger partial charge in [-0.3, -0.25) is 4.72 Å². The van der Waals surface area contributed by atoms with Gasteiger partial charge >= 0.3 is 0 Å². The Morgan fingerprint density at radius 3 is 2.40 bits per heavy atom. The molecule has 0 amide bonds. The van der Waals surface area contributed by atoms with Gasteiger partial charge in [0.25, 0.3) is 10.0 Å². The Morgan fingerprint density at radius 2 is 1.80 bits per heavy atom. The van der Waals surface area contributed by atoms with Crippen molar-refractivity contribution >= 4 is 54.8 Å². The SMILES string of the molecule is O=S(=O)(Nc1c(F)cccc1Cl)c1ccc(Cl)c(Br)c1. The molecule has 0 fully saturated rings. The summed E-state index contributed by atoms with van der Waals surface area (Å²) in [5.74, 6) is -0.755. The fourth-order valence-corrected chi connectivity index (χ4v) is 3.46. The minimum Gasteiger partial charge on any atom is -0.275 e. The molecule has 0 saturated heterocycles. The molecule has 0 radical (unpaired) electrons. The van der Waals surface area contributed by atoms with Crippen LogP contribution in [-0.2, 0) is 10.0 Å². The standard InChI is InChI=1S/C12H7BrCl2FNO2S/c13-8-6-7(4-5-9(8)14)20(18,19)17-12-10(15)2-1-3-11(12)16/h1-6,17H. The van der Waals surface area contributed by atoms with Gasteiger partial charge in [-0.2, -0.15) is 0 Å². The van der Waals surface area contributed by atoms with E-state index in [9.17, 15) is 12.8 Å². The smallest absolute Gasteiger partial charge is 0.262 e. The van der Waals surface area contributed by atoms with Crippen molar-refractivity contribution in [3.63, 3.8) is 0 Å². The zero-order valence-electron chi connectivity index (χ0n) is 9.70. The zero-order chi connectivity index (χ0) is 14.9. The highest BCUT2D eigenvalue weighted by Crippen LogP contribution is 2.29. The maximum Gasteiger partial charge on any atom is 0.262 e. The Hall–Kier alpha value is -0.820. The van der Waals surface area contributed by atoms with Crippen LogP contribution in [0.2, 0.25) is 10.0 Å². The summed E-state index contributed by atoms with van der Waals surface area (Å²) in [7, 11) is -3.96. The van der Waals surface area contributed by atoms with E-state index in [1.54, 1.807) is 0 Å². The van der Waals surface area contributed by atoms with E-state index in [0.717, 1.165) is 6.07 Å². The summed E-state index contributed by atoms with van der Waals surface area (Å²) >= 11 is 14.7. The van der Waals surface area contributed by atoms with Crippen molar-refractivity contribution in [2.24, 2.45) is 0 Å². The first-order valence-corrected chi connectivity index (χ1v) is 8.26. The number of para-hydroxylation sites is 1. The van der Waals surface area contributed by atoms with Gasteiger partial charge in [0.2, 0.25) is 0 Å². The van der Waals surface area contributed by atoms with Gasteiger partial charge < -0.3 is 0 Å². The summed E-state index contributed by atoms with van der Waals surface area (Å²) in [6, 6.07) is 7.93. The molecular formula is C12H7BrCl2FNO2S. The highest BCUT2D eigenvalue weighted by Gasteiger charge is 2.19. The molecule has 0 aliphatic carbocycles. The number of hydrogen-bond donors (Lipinski definition) is 1. The summed E-state index contributed by atoms with van der Waals surface area (Å²) in [6.45, 7) is 0. The molecule has 106 valence electrons. The maximum absolute atomic E-state index is 13.6. The van der Waals surface area contributed by atoms with Gasteiger partial charge in [-0.1, -0.05) is 29.3 Å². The third-order valence-corrected chi connectivity index (χ3v) is 5.28. The lowest BCUT2D eigenvalue weighted by Crippen LogP contribution is -2.14. The fourth-order valence-electron chi connectivity index (χ4n) is 1.43. The van der Waals surface area contributed by atoms with Crippen LogP contribution in [0.1, 0.15) is 0 Å². The first-order valence-electron chi connectivity index (χ1n) is 5.23. The van der Waals surface area contributed by atoms with Gasteiger partial charge in [0.05, 0.1) is 14.9 Å². The quantitative estimate of drug-likeness (QED) is 0.814. The minimum atomic E-state index is -3.96. The fraction of sp³-hybridized carbons (Fsp3) is 0. The molecule has 0 heterocycles. The Kier molecular flexibility index (Phi) is 4.59. The Labute approximate surface area is 133 Å². The predicted molar refractivity (Wildman–Crippen MR) is 81.4 cm³/mol. The highest BCUT2D eigenvalue weighted by atomic mass is 79.9. The van der Waals surface area contributed by atoms with Crippen LogP contribution in [0.25, 0.3) is 0 Å². The molecule has 0 aliphatic heterocycles. The third kappa shape index (κ3) is 3.25. The molecule has 2 aromatic rings. The van der Waals surface area contributed by atoms with E-state index in [1.807, 2.05) is 0 Å². The molecule has 2 rings (SSSR count). The number of anilines is 1. The van der Waals surface area contributed by atoms with Gasteiger partial charge in [0.15, 0.2) is 0 Å². The third-order valence-electron chi connectivity index (χ3n) is 2.40. The van der Waals surface area contributed by atoms with E-state index >= 15 is 0 Å².